The summed E-state index contributed by atoms with van der Waals surface area (Å²) >= 11 is 12.4. The molecule has 0 spiro atoms. The van der Waals surface area contributed by atoms with Crippen LogP contribution in [0.2, 0.25) is 10.0 Å². The molecule has 2 N–H and O–H groups in total. The van der Waals surface area contributed by atoms with Gasteiger partial charge in [0.15, 0.2) is 0 Å². The van der Waals surface area contributed by atoms with Gasteiger partial charge in [0.05, 0.1) is 21.8 Å². The molecule has 1 aliphatic rings. The minimum absolute atomic E-state index is 0.263. The fraction of sp³-hybridized carbons (Fsp3) is 0.250. The number of halogens is 2. The molecule has 4 rings (SSSR count). The minimum Gasteiger partial charge on any atom is -0.383 e. The van der Waals surface area contributed by atoms with Crippen molar-refractivity contribution in [3.63, 3.8) is 0 Å². The number of pyridine rings is 2. The Hall–Kier alpha value is -3.32. The lowest BCUT2D eigenvalue weighted by Crippen LogP contribution is -2.37. The normalized spacial score (nSPS) is 15.8. The molecule has 3 heterocycles. The summed E-state index contributed by atoms with van der Waals surface area (Å²) in [5.41, 5.74) is 9.13. The van der Waals surface area contributed by atoms with E-state index in [1.54, 1.807) is 24.3 Å². The van der Waals surface area contributed by atoms with Gasteiger partial charge >= 0.3 is 0 Å². The number of anilines is 2. The first-order valence-corrected chi connectivity index (χ1v) is 11.0. The Balaban J connectivity index is 1.59. The van der Waals surface area contributed by atoms with Crippen molar-refractivity contribution in [2.75, 3.05) is 23.7 Å². The number of nitriles is 2. The topological polar surface area (TPSA) is 103 Å². The Kier molecular flexibility index (Phi) is 6.46. The molecular formula is C24H20Cl2N6. The summed E-state index contributed by atoms with van der Waals surface area (Å²) in [5, 5.41) is 19.8. The molecule has 32 heavy (non-hydrogen) atoms. The van der Waals surface area contributed by atoms with Crippen LogP contribution in [-0.4, -0.2) is 23.1 Å². The smallest absolute Gasteiger partial charge is 0.147 e. The molecule has 1 atom stereocenters. The predicted molar refractivity (Wildman–Crippen MR) is 126 cm³/mol. The first-order chi connectivity index (χ1) is 15.5. The van der Waals surface area contributed by atoms with Crippen LogP contribution in [0.5, 0.6) is 0 Å². The molecule has 3 aromatic rings. The van der Waals surface area contributed by atoms with Crippen molar-refractivity contribution in [3.05, 3.63) is 69.3 Å². The highest BCUT2D eigenvalue weighted by Gasteiger charge is 2.24. The number of nitrogens with two attached hydrogens (primary N) is 1. The van der Waals surface area contributed by atoms with Gasteiger partial charge in [0.25, 0.3) is 0 Å². The van der Waals surface area contributed by atoms with Gasteiger partial charge in [-0.15, -0.1) is 0 Å². The highest BCUT2D eigenvalue weighted by molar-refractivity contribution is 6.36. The van der Waals surface area contributed by atoms with E-state index in [0.29, 0.717) is 38.6 Å². The minimum atomic E-state index is 0.263. The summed E-state index contributed by atoms with van der Waals surface area (Å²) in [4.78, 5) is 11.4. The van der Waals surface area contributed by atoms with Crippen LogP contribution in [-0.2, 0) is 6.42 Å². The Labute approximate surface area is 196 Å². The van der Waals surface area contributed by atoms with E-state index < -0.39 is 0 Å². The van der Waals surface area contributed by atoms with E-state index >= 15 is 0 Å². The third-order valence-corrected chi connectivity index (χ3v) is 6.17. The lowest BCUT2D eigenvalue weighted by atomic mass is 9.92. The van der Waals surface area contributed by atoms with Crippen LogP contribution in [0.15, 0.2) is 42.5 Å². The van der Waals surface area contributed by atoms with E-state index in [-0.39, 0.29) is 5.82 Å². The maximum Gasteiger partial charge on any atom is 0.147 e. The molecule has 1 aliphatic heterocycles. The molecule has 0 aliphatic carbocycles. The number of rotatable bonds is 4. The van der Waals surface area contributed by atoms with Crippen LogP contribution in [0.4, 0.5) is 11.6 Å². The monoisotopic (exact) mass is 462 g/mol. The largest absolute Gasteiger partial charge is 0.383 e. The van der Waals surface area contributed by atoms with E-state index in [9.17, 15) is 5.26 Å². The first-order valence-electron chi connectivity index (χ1n) is 10.3. The maximum atomic E-state index is 9.67. The average molecular weight is 463 g/mol. The van der Waals surface area contributed by atoms with Gasteiger partial charge in [0, 0.05) is 29.4 Å². The summed E-state index contributed by atoms with van der Waals surface area (Å²) in [5.74, 6) is 1.26. The molecule has 0 bridgehead atoms. The van der Waals surface area contributed by atoms with Gasteiger partial charge in [-0.2, -0.15) is 10.5 Å². The summed E-state index contributed by atoms with van der Waals surface area (Å²) in [6, 6.07) is 16.8. The molecule has 1 aromatic carbocycles. The second kappa shape index (κ2) is 9.44. The number of benzene rings is 1. The number of hydrogen-bond donors (Lipinski definition) is 1. The van der Waals surface area contributed by atoms with Crippen molar-refractivity contribution < 1.29 is 0 Å². The third kappa shape index (κ3) is 4.62. The second-order valence-electron chi connectivity index (χ2n) is 7.81. The van der Waals surface area contributed by atoms with Gasteiger partial charge in [0.1, 0.15) is 23.8 Å². The van der Waals surface area contributed by atoms with Crippen molar-refractivity contribution >= 4 is 34.8 Å². The van der Waals surface area contributed by atoms with Crippen molar-refractivity contribution in [1.82, 2.24) is 9.97 Å². The number of aromatic nitrogens is 2. The lowest BCUT2D eigenvalue weighted by Gasteiger charge is -2.34. The van der Waals surface area contributed by atoms with E-state index in [1.165, 1.54) is 0 Å². The van der Waals surface area contributed by atoms with E-state index in [0.717, 1.165) is 43.6 Å². The molecule has 0 saturated carbocycles. The maximum absolute atomic E-state index is 9.67. The summed E-state index contributed by atoms with van der Waals surface area (Å²) in [6.07, 6.45) is 2.77. The highest BCUT2D eigenvalue weighted by atomic mass is 35.5. The molecule has 0 radical (unpaired) electrons. The Morgan fingerprint density at radius 2 is 1.81 bits per heavy atom. The first kappa shape index (κ1) is 21.9. The Morgan fingerprint density at radius 1 is 1.03 bits per heavy atom. The second-order valence-corrected chi connectivity index (χ2v) is 8.65. The molecule has 160 valence electrons. The Morgan fingerprint density at radius 3 is 2.53 bits per heavy atom. The van der Waals surface area contributed by atoms with E-state index in [2.05, 4.69) is 16.0 Å². The molecule has 2 aromatic heterocycles. The van der Waals surface area contributed by atoms with E-state index in [1.807, 2.05) is 24.3 Å². The Bertz CT molecular complexity index is 1240. The van der Waals surface area contributed by atoms with Crippen molar-refractivity contribution in [1.29, 1.82) is 10.5 Å². The van der Waals surface area contributed by atoms with Crippen LogP contribution in [0.1, 0.15) is 29.7 Å². The van der Waals surface area contributed by atoms with Crippen LogP contribution >= 0.6 is 23.2 Å². The number of nitrogens with zero attached hydrogens (tertiary/aromatic N) is 5. The van der Waals surface area contributed by atoms with Crippen molar-refractivity contribution in [2.24, 2.45) is 5.92 Å². The van der Waals surface area contributed by atoms with Crippen LogP contribution < -0.4 is 10.6 Å². The van der Waals surface area contributed by atoms with Gasteiger partial charge in [0.2, 0.25) is 0 Å². The number of piperidine rings is 1. The van der Waals surface area contributed by atoms with Crippen molar-refractivity contribution in [3.8, 4) is 23.4 Å². The zero-order valence-electron chi connectivity index (χ0n) is 17.2. The standard InChI is InChI=1S/C24H20Cl2N6/c25-18-5-7-20(21(26)11-18)22-8-4-17(13-28)24(31-22)32-9-1-2-15(14-32)10-19-6-3-16(12-27)23(29)30-19/h3-8,11,15H,1-2,9-10,14H2,(H2,29,30). The number of nitrogen functional groups attached to an aromatic ring is 1. The van der Waals surface area contributed by atoms with Gasteiger partial charge in [-0.3, -0.25) is 0 Å². The lowest BCUT2D eigenvalue weighted by molar-refractivity contribution is 0.408. The predicted octanol–water partition coefficient (Wildman–Crippen LogP) is 5.24. The van der Waals surface area contributed by atoms with E-state index in [4.69, 9.17) is 39.2 Å². The summed E-state index contributed by atoms with van der Waals surface area (Å²) < 4.78 is 0. The van der Waals surface area contributed by atoms with Gasteiger partial charge in [-0.25, -0.2) is 9.97 Å². The molecule has 1 saturated heterocycles. The number of hydrogen-bond acceptors (Lipinski definition) is 6. The van der Waals surface area contributed by atoms with Gasteiger partial charge < -0.3 is 10.6 Å². The fourth-order valence-corrected chi connectivity index (χ4v) is 4.57. The summed E-state index contributed by atoms with van der Waals surface area (Å²) in [7, 11) is 0. The van der Waals surface area contributed by atoms with Crippen molar-refractivity contribution in [2.45, 2.75) is 19.3 Å². The molecular weight excluding hydrogens is 443 g/mol. The zero-order chi connectivity index (χ0) is 22.7. The average Bonchev–Trinajstić information content (AvgIpc) is 2.79. The van der Waals surface area contributed by atoms with Crippen LogP contribution in [0.3, 0.4) is 0 Å². The third-order valence-electron chi connectivity index (χ3n) is 5.62. The molecule has 1 fully saturated rings. The molecule has 6 nitrogen and oxygen atoms in total. The molecule has 0 amide bonds. The molecule has 1 unspecified atom stereocenters. The quantitative estimate of drug-likeness (QED) is 0.568. The highest BCUT2D eigenvalue weighted by Crippen LogP contribution is 2.33. The SMILES string of the molecule is N#Cc1ccc(CC2CCCN(c3nc(-c4ccc(Cl)cc4Cl)ccc3C#N)C2)nc1N. The van der Waals surface area contributed by atoms with Crippen LogP contribution in [0, 0.1) is 28.6 Å². The van der Waals surface area contributed by atoms with Crippen LogP contribution in [0.25, 0.3) is 11.3 Å². The van der Waals surface area contributed by atoms with Gasteiger partial charge in [-0.05, 0) is 67.6 Å². The van der Waals surface area contributed by atoms with Gasteiger partial charge in [-0.1, -0.05) is 23.2 Å². The fourth-order valence-electron chi connectivity index (χ4n) is 4.07. The summed E-state index contributed by atoms with van der Waals surface area (Å²) in [6.45, 7) is 1.57. The molecule has 8 heteroatoms. The zero-order valence-corrected chi connectivity index (χ0v) is 18.7.